The summed E-state index contributed by atoms with van der Waals surface area (Å²) >= 11 is 2.28. The van der Waals surface area contributed by atoms with Crippen LogP contribution in [0.2, 0.25) is 0 Å². The number of thioether (sulfide) groups is 1. The van der Waals surface area contributed by atoms with Crippen LogP contribution in [-0.2, 0) is 32.3 Å². The Labute approximate surface area is 265 Å². The number of carbonyl (C=O) groups excluding carboxylic acids is 4. The summed E-state index contributed by atoms with van der Waals surface area (Å²) < 4.78 is 2.06. The van der Waals surface area contributed by atoms with Gasteiger partial charge in [-0.15, -0.1) is 23.1 Å². The molecule has 5 heterocycles. The molecule has 2 aromatic heterocycles. The number of nitrogen functional groups attached to an aromatic ring is 1. The van der Waals surface area contributed by atoms with Crippen molar-refractivity contribution in [2.75, 3.05) is 18.0 Å². The fourth-order valence-corrected chi connectivity index (χ4v) is 7.29. The van der Waals surface area contributed by atoms with Crippen LogP contribution in [0.15, 0.2) is 88.3 Å². The van der Waals surface area contributed by atoms with E-state index in [2.05, 4.69) is 32.2 Å². The quantitative estimate of drug-likeness (QED) is 0.0720. The minimum Gasteiger partial charge on any atom is -0.543 e. The predicted octanol–water partition coefficient (Wildman–Crippen LogP) is 0.00220. The molecular weight excluding hydrogens is 619 g/mol. The number of likely N-dealkylation sites (tertiary alicyclic amines) is 1. The van der Waals surface area contributed by atoms with E-state index in [1.54, 1.807) is 4.90 Å². The zero-order valence-electron chi connectivity index (χ0n) is 23.7. The lowest BCUT2D eigenvalue weighted by atomic mass is 10.0. The summed E-state index contributed by atoms with van der Waals surface area (Å²) in [5.74, 6) is -3.12. The van der Waals surface area contributed by atoms with Crippen LogP contribution in [0.4, 0.5) is 5.13 Å². The molecule has 3 aromatic rings. The molecule has 1 aromatic carbocycles. The second kappa shape index (κ2) is 12.5. The minimum absolute atomic E-state index is 0.0379. The Kier molecular flexibility index (Phi) is 8.36. The van der Waals surface area contributed by atoms with Gasteiger partial charge in [0.2, 0.25) is 5.91 Å². The number of nitrogens with zero attached hydrogens (tertiary/aromatic N) is 5. The van der Waals surface area contributed by atoms with Crippen molar-refractivity contribution in [3.8, 4) is 0 Å². The van der Waals surface area contributed by atoms with E-state index in [-0.39, 0.29) is 33.8 Å². The molecule has 6 rings (SSSR count). The number of nitrogens with two attached hydrogens (primary N) is 1. The number of carbonyl (C=O) groups is 4. The van der Waals surface area contributed by atoms with Gasteiger partial charge in [-0.05, 0) is 23.6 Å². The maximum absolute atomic E-state index is 13.3. The van der Waals surface area contributed by atoms with Crippen molar-refractivity contribution in [3.63, 3.8) is 0 Å². The number of benzene rings is 1. The van der Waals surface area contributed by atoms with Crippen molar-refractivity contribution in [1.29, 1.82) is 0 Å². The molecular formula is C30H27N7O6S2. The van der Waals surface area contributed by atoms with E-state index in [0.29, 0.717) is 25.1 Å². The number of rotatable bonds is 9. The van der Waals surface area contributed by atoms with Crippen LogP contribution in [0, 0.1) is 0 Å². The van der Waals surface area contributed by atoms with Crippen molar-refractivity contribution < 1.29 is 34.1 Å². The molecule has 45 heavy (non-hydrogen) atoms. The molecule has 2 fully saturated rings. The molecule has 0 spiro atoms. The van der Waals surface area contributed by atoms with Gasteiger partial charge in [0.05, 0.1) is 11.7 Å². The summed E-state index contributed by atoms with van der Waals surface area (Å²) in [5.41, 5.74) is 7.75. The summed E-state index contributed by atoms with van der Waals surface area (Å²) in [6, 6.07) is 13.0. The van der Waals surface area contributed by atoms with E-state index in [1.807, 2.05) is 42.7 Å². The molecule has 3 aliphatic heterocycles. The van der Waals surface area contributed by atoms with Gasteiger partial charge in [0.1, 0.15) is 17.1 Å². The molecule has 15 heteroatoms. The lowest BCUT2D eigenvalue weighted by Crippen LogP contribution is -2.71. The number of aliphatic carboxylic acids is 1. The van der Waals surface area contributed by atoms with E-state index < -0.39 is 34.9 Å². The highest BCUT2D eigenvalue weighted by atomic mass is 32.2. The van der Waals surface area contributed by atoms with Gasteiger partial charge in [-0.3, -0.25) is 19.3 Å². The Balaban J connectivity index is 1.12. The fraction of sp³-hybridized carbons (Fsp3) is 0.233. The van der Waals surface area contributed by atoms with Crippen LogP contribution in [0.5, 0.6) is 0 Å². The summed E-state index contributed by atoms with van der Waals surface area (Å²) in [5, 5.41) is 27.9. The van der Waals surface area contributed by atoms with Crippen molar-refractivity contribution in [1.82, 2.24) is 20.1 Å². The average Bonchev–Trinajstić information content (AvgIpc) is 3.61. The average molecular weight is 646 g/mol. The number of nitrogens with one attached hydrogen (secondary N) is 1. The number of hydrogen-bond donors (Lipinski definition) is 3. The summed E-state index contributed by atoms with van der Waals surface area (Å²) in [4.78, 5) is 58.0. The monoisotopic (exact) mass is 645 g/mol. The molecule has 0 radical (unpaired) electrons. The number of amides is 3. The molecule has 13 nitrogen and oxygen atoms in total. The Morgan fingerprint density at radius 3 is 2.60 bits per heavy atom. The van der Waals surface area contributed by atoms with Crippen LogP contribution in [0.1, 0.15) is 23.2 Å². The zero-order chi connectivity index (χ0) is 31.7. The molecule has 0 bridgehead atoms. The first-order chi connectivity index (χ1) is 21.7. The van der Waals surface area contributed by atoms with Crippen LogP contribution in [0.25, 0.3) is 0 Å². The van der Waals surface area contributed by atoms with Crippen molar-refractivity contribution in [2.24, 2.45) is 5.16 Å². The zero-order valence-corrected chi connectivity index (χ0v) is 25.3. The Morgan fingerprint density at radius 1 is 1.18 bits per heavy atom. The van der Waals surface area contributed by atoms with Gasteiger partial charge in [0, 0.05) is 47.5 Å². The number of carboxylic acids is 1. The Hall–Kier alpha value is -5.02. The normalized spacial score (nSPS) is 20.8. The number of pyridine rings is 1. The highest BCUT2D eigenvalue weighted by Crippen LogP contribution is 2.41. The number of carboxylic acid groups (broad SMARTS) is 1. The highest BCUT2D eigenvalue weighted by molar-refractivity contribution is 8.00. The largest absolute Gasteiger partial charge is 0.543 e. The first-order valence-electron chi connectivity index (χ1n) is 13.9. The second-order valence-corrected chi connectivity index (χ2v) is 12.5. The molecule has 0 aliphatic carbocycles. The van der Waals surface area contributed by atoms with Crippen LogP contribution in [0.3, 0.4) is 0 Å². The van der Waals surface area contributed by atoms with Gasteiger partial charge in [0.15, 0.2) is 29.8 Å². The van der Waals surface area contributed by atoms with E-state index in [4.69, 9.17) is 5.73 Å². The van der Waals surface area contributed by atoms with Gasteiger partial charge in [-0.1, -0.05) is 35.5 Å². The maximum Gasteiger partial charge on any atom is 0.276 e. The van der Waals surface area contributed by atoms with Crippen LogP contribution < -0.4 is 20.7 Å². The highest BCUT2D eigenvalue weighted by Gasteiger charge is 2.53. The third kappa shape index (κ3) is 6.04. The van der Waals surface area contributed by atoms with E-state index in [1.165, 1.54) is 28.8 Å². The molecule has 2 atom stereocenters. The standard InChI is InChI=1S/C30H27N7O6S2/c31-30-32-21(16-45-30)22(34-43)25(38)33-23-27(40)37-24(29(41)42)20(15-44-28(23)37)12-19-8-11-36(26(19)39)14-18-6-9-35(10-7-18)13-17-4-2-1-3-5-17/h1-7,9-10,12,16,23,28H,8,11,13-15H2,(H4-,31,32,33,38,41,42,43)/b19-12+/t23-,28-/m1/s1. The summed E-state index contributed by atoms with van der Waals surface area (Å²) in [6.45, 7) is 1.62. The molecule has 2 saturated heterocycles. The third-order valence-electron chi connectivity index (χ3n) is 7.66. The molecule has 4 N–H and O–H groups in total. The Morgan fingerprint density at radius 2 is 1.93 bits per heavy atom. The van der Waals surface area contributed by atoms with Crippen molar-refractivity contribution in [3.05, 3.63) is 100.0 Å². The number of oxime groups is 1. The number of aromatic nitrogens is 2. The first kappa shape index (κ1) is 30.0. The second-order valence-electron chi connectivity index (χ2n) is 10.6. The lowest BCUT2D eigenvalue weighted by molar-refractivity contribution is -0.688. The van der Waals surface area contributed by atoms with Gasteiger partial charge >= 0.3 is 0 Å². The number of β-lactam (4-membered cyclic amide) rings is 1. The van der Waals surface area contributed by atoms with Crippen LogP contribution in [-0.4, -0.2) is 73.1 Å². The number of fused-ring (bicyclic) bond motifs is 1. The fourth-order valence-electron chi connectivity index (χ4n) is 5.44. The molecule has 0 unspecified atom stereocenters. The van der Waals surface area contributed by atoms with E-state index >= 15 is 0 Å². The smallest absolute Gasteiger partial charge is 0.276 e. The topological polar surface area (TPSA) is 185 Å². The molecule has 0 saturated carbocycles. The first-order valence-corrected chi connectivity index (χ1v) is 15.8. The molecule has 3 aliphatic rings. The molecule has 3 amide bonds. The molecule has 230 valence electrons. The predicted molar refractivity (Wildman–Crippen MR) is 162 cm³/mol. The van der Waals surface area contributed by atoms with Crippen LogP contribution >= 0.6 is 23.1 Å². The number of hydrogen-bond acceptors (Lipinski definition) is 11. The number of anilines is 1. The van der Waals surface area contributed by atoms with Gasteiger partial charge in [-0.2, -0.15) is 0 Å². The van der Waals surface area contributed by atoms with Crippen molar-refractivity contribution >= 4 is 57.6 Å². The lowest BCUT2D eigenvalue weighted by Gasteiger charge is -2.50. The summed E-state index contributed by atoms with van der Waals surface area (Å²) in [7, 11) is 0. The van der Waals surface area contributed by atoms with E-state index in [9.17, 15) is 29.5 Å². The van der Waals surface area contributed by atoms with Gasteiger partial charge in [0.25, 0.3) is 11.8 Å². The SMILES string of the molecule is Nc1nc(/C(=N/O)C(=O)N[C@@H]2C(=O)N3C(C(=O)[O-])=C(/C=C4\CCN(Cc5cc[n+](Cc6ccccc6)cc5)C4=O)CS[C@H]23)cs1. The third-order valence-corrected chi connectivity index (χ3v) is 9.64. The minimum atomic E-state index is -1.56. The van der Waals surface area contributed by atoms with Crippen molar-refractivity contribution in [2.45, 2.75) is 30.9 Å². The Bertz CT molecular complexity index is 1770. The van der Waals surface area contributed by atoms with Gasteiger partial charge in [-0.25, -0.2) is 9.55 Å². The maximum atomic E-state index is 13.3. The van der Waals surface area contributed by atoms with E-state index in [0.717, 1.165) is 28.3 Å². The number of thiazole rings is 1. The van der Waals surface area contributed by atoms with Gasteiger partial charge < -0.3 is 31.1 Å². The summed E-state index contributed by atoms with van der Waals surface area (Å²) in [6.07, 6.45) is 5.91. The number of allylic oxidation sites excluding steroid dienone is 1.